The Bertz CT molecular complexity index is 1130. The molecule has 186 valence electrons. The lowest BCUT2D eigenvalue weighted by Gasteiger charge is -2.32. The lowest BCUT2D eigenvalue weighted by Crippen LogP contribution is -2.50. The Morgan fingerprint density at radius 3 is 2.24 bits per heavy atom. The number of anilines is 1. The van der Waals surface area contributed by atoms with Crippen molar-refractivity contribution in [1.29, 1.82) is 0 Å². The summed E-state index contributed by atoms with van der Waals surface area (Å²) in [7, 11) is -1.59. The predicted octanol–water partition coefficient (Wildman–Crippen LogP) is 4.43. The van der Waals surface area contributed by atoms with Crippen LogP contribution in [-0.2, 0) is 14.8 Å². The van der Waals surface area contributed by atoms with Crippen molar-refractivity contribution in [1.82, 2.24) is 9.21 Å². The number of halogens is 2. The van der Waals surface area contributed by atoms with Gasteiger partial charge in [-0.2, -0.15) is 4.31 Å². The molecule has 0 radical (unpaired) electrons. The standard InChI is InChI=1S/C23H29Cl2N3O5S/c1-15(2)18-13-17(5-6-21(18)32-3)33-23-19(24)11-16(12-20(23)25)26-22(29)14-27-7-9-28(10-8-27)34(4,30)31/h5-6,11-13,15H,7-10,14H2,1-4H3,(H,26,29). The molecule has 3 rings (SSSR count). The largest absolute Gasteiger partial charge is 0.496 e. The van der Waals surface area contributed by atoms with Crippen LogP contribution in [0.2, 0.25) is 10.0 Å². The highest BCUT2D eigenvalue weighted by molar-refractivity contribution is 7.88. The minimum absolute atomic E-state index is 0.134. The molecule has 0 saturated carbocycles. The van der Waals surface area contributed by atoms with Gasteiger partial charge in [0.15, 0.2) is 5.75 Å². The molecule has 11 heteroatoms. The van der Waals surface area contributed by atoms with Crippen LogP contribution in [0.25, 0.3) is 0 Å². The average Bonchev–Trinajstić information content (AvgIpc) is 2.75. The highest BCUT2D eigenvalue weighted by Crippen LogP contribution is 2.40. The number of carbonyl (C=O) groups excluding carboxylic acids is 1. The third kappa shape index (κ3) is 6.76. The maximum absolute atomic E-state index is 12.5. The summed E-state index contributed by atoms with van der Waals surface area (Å²) in [5.41, 5.74) is 1.44. The minimum atomic E-state index is -3.21. The number of hydrogen-bond donors (Lipinski definition) is 1. The second-order valence-electron chi connectivity index (χ2n) is 8.42. The molecular weight excluding hydrogens is 501 g/mol. The highest BCUT2D eigenvalue weighted by Gasteiger charge is 2.24. The van der Waals surface area contributed by atoms with Crippen molar-refractivity contribution in [3.8, 4) is 17.2 Å². The summed E-state index contributed by atoms with van der Waals surface area (Å²) in [5.74, 6) is 1.62. The Labute approximate surface area is 210 Å². The van der Waals surface area contributed by atoms with Gasteiger partial charge in [-0.15, -0.1) is 0 Å². The molecule has 1 aliphatic rings. The zero-order chi connectivity index (χ0) is 25.0. The molecule has 2 aromatic rings. The molecule has 1 fully saturated rings. The molecule has 8 nitrogen and oxygen atoms in total. The van der Waals surface area contributed by atoms with E-state index in [1.165, 1.54) is 10.6 Å². The Morgan fingerprint density at radius 1 is 1.09 bits per heavy atom. The fourth-order valence-electron chi connectivity index (χ4n) is 3.70. The van der Waals surface area contributed by atoms with E-state index < -0.39 is 10.0 Å². The molecule has 1 saturated heterocycles. The Hall–Kier alpha value is -2.04. The number of nitrogens with zero attached hydrogens (tertiary/aromatic N) is 2. The first-order valence-corrected chi connectivity index (χ1v) is 13.4. The second-order valence-corrected chi connectivity index (χ2v) is 11.2. The van der Waals surface area contributed by atoms with Crippen LogP contribution in [0.1, 0.15) is 25.3 Å². The van der Waals surface area contributed by atoms with Gasteiger partial charge in [-0.25, -0.2) is 8.42 Å². The highest BCUT2D eigenvalue weighted by atomic mass is 35.5. The molecule has 0 unspecified atom stereocenters. The Balaban J connectivity index is 1.64. The maximum Gasteiger partial charge on any atom is 0.238 e. The van der Waals surface area contributed by atoms with Crippen molar-refractivity contribution < 1.29 is 22.7 Å². The van der Waals surface area contributed by atoms with E-state index in [0.29, 0.717) is 37.6 Å². The van der Waals surface area contributed by atoms with E-state index in [9.17, 15) is 13.2 Å². The van der Waals surface area contributed by atoms with Crippen LogP contribution in [0.5, 0.6) is 17.2 Å². The van der Waals surface area contributed by atoms with E-state index in [1.54, 1.807) is 25.3 Å². The molecule has 2 aromatic carbocycles. The summed E-state index contributed by atoms with van der Waals surface area (Å²) >= 11 is 12.8. The fraction of sp³-hybridized carbons (Fsp3) is 0.435. The van der Waals surface area contributed by atoms with Gasteiger partial charge in [0, 0.05) is 37.4 Å². The van der Waals surface area contributed by atoms with Gasteiger partial charge >= 0.3 is 0 Å². The lowest BCUT2D eigenvalue weighted by molar-refractivity contribution is -0.117. The summed E-state index contributed by atoms with van der Waals surface area (Å²) in [6.07, 6.45) is 1.19. The van der Waals surface area contributed by atoms with Crippen molar-refractivity contribution in [2.75, 3.05) is 51.4 Å². The van der Waals surface area contributed by atoms with Crippen molar-refractivity contribution >= 4 is 44.8 Å². The molecule has 1 aliphatic heterocycles. The van der Waals surface area contributed by atoms with Crippen molar-refractivity contribution in [3.05, 3.63) is 45.9 Å². The molecule has 0 aromatic heterocycles. The van der Waals surface area contributed by atoms with Crippen LogP contribution in [0.3, 0.4) is 0 Å². The number of nitrogens with one attached hydrogen (secondary N) is 1. The van der Waals surface area contributed by atoms with Crippen LogP contribution >= 0.6 is 23.2 Å². The number of methoxy groups -OCH3 is 1. The zero-order valence-corrected chi connectivity index (χ0v) is 21.9. The predicted molar refractivity (Wildman–Crippen MR) is 135 cm³/mol. The maximum atomic E-state index is 12.5. The molecule has 1 amide bonds. The molecule has 0 spiro atoms. The number of piperazine rings is 1. The van der Waals surface area contributed by atoms with Crippen molar-refractivity contribution in [3.63, 3.8) is 0 Å². The Morgan fingerprint density at radius 2 is 1.71 bits per heavy atom. The number of carbonyl (C=O) groups is 1. The van der Waals surface area contributed by atoms with E-state index in [-0.39, 0.29) is 34.2 Å². The minimum Gasteiger partial charge on any atom is -0.496 e. The fourth-order valence-corrected chi connectivity index (χ4v) is 5.09. The van der Waals surface area contributed by atoms with E-state index in [2.05, 4.69) is 19.2 Å². The third-order valence-electron chi connectivity index (χ3n) is 5.49. The Kier molecular flexibility index (Phi) is 8.70. The van der Waals surface area contributed by atoms with Crippen molar-refractivity contribution in [2.45, 2.75) is 19.8 Å². The second kappa shape index (κ2) is 11.1. The summed E-state index contributed by atoms with van der Waals surface area (Å²) < 4.78 is 36.0. The number of ether oxygens (including phenoxy) is 2. The zero-order valence-electron chi connectivity index (χ0n) is 19.6. The van der Waals surface area contributed by atoms with Crippen LogP contribution in [0.15, 0.2) is 30.3 Å². The number of amides is 1. The number of sulfonamides is 1. The van der Waals surface area contributed by atoms with Crippen LogP contribution in [-0.4, -0.2) is 69.6 Å². The van der Waals surface area contributed by atoms with Gasteiger partial charge in [0.25, 0.3) is 0 Å². The van der Waals surface area contributed by atoms with Crippen LogP contribution < -0.4 is 14.8 Å². The summed E-state index contributed by atoms with van der Waals surface area (Å²) in [4.78, 5) is 14.4. The molecule has 0 bridgehead atoms. The van der Waals surface area contributed by atoms with Gasteiger partial charge in [0.05, 0.1) is 30.0 Å². The van der Waals surface area contributed by atoms with E-state index >= 15 is 0 Å². The third-order valence-corrected chi connectivity index (χ3v) is 7.36. The average molecular weight is 530 g/mol. The van der Waals surface area contributed by atoms with Gasteiger partial charge in [0.2, 0.25) is 15.9 Å². The first-order chi connectivity index (χ1) is 16.0. The molecule has 34 heavy (non-hydrogen) atoms. The number of rotatable bonds is 8. The molecule has 0 aliphatic carbocycles. The summed E-state index contributed by atoms with van der Waals surface area (Å²) in [6, 6.07) is 8.65. The number of hydrogen-bond acceptors (Lipinski definition) is 6. The van der Waals surface area contributed by atoms with E-state index in [4.69, 9.17) is 32.7 Å². The molecule has 1 heterocycles. The van der Waals surface area contributed by atoms with Crippen LogP contribution in [0.4, 0.5) is 5.69 Å². The quantitative estimate of drug-likeness (QED) is 0.543. The van der Waals surface area contributed by atoms with Gasteiger partial charge < -0.3 is 14.8 Å². The molecule has 0 atom stereocenters. The van der Waals surface area contributed by atoms with E-state index in [0.717, 1.165) is 11.3 Å². The molecule has 1 N–H and O–H groups in total. The smallest absolute Gasteiger partial charge is 0.238 e. The van der Waals surface area contributed by atoms with Gasteiger partial charge in [-0.3, -0.25) is 9.69 Å². The van der Waals surface area contributed by atoms with Crippen molar-refractivity contribution in [2.24, 2.45) is 0 Å². The monoisotopic (exact) mass is 529 g/mol. The first-order valence-electron chi connectivity index (χ1n) is 10.8. The van der Waals surface area contributed by atoms with Gasteiger partial charge in [0.1, 0.15) is 11.5 Å². The first kappa shape index (κ1) is 26.6. The summed E-state index contributed by atoms with van der Waals surface area (Å²) in [5, 5.41) is 3.30. The SMILES string of the molecule is COc1ccc(Oc2c(Cl)cc(NC(=O)CN3CCN(S(C)(=O)=O)CC3)cc2Cl)cc1C(C)C. The van der Waals surface area contributed by atoms with Crippen LogP contribution in [0, 0.1) is 0 Å². The number of benzene rings is 2. The topological polar surface area (TPSA) is 88.2 Å². The lowest BCUT2D eigenvalue weighted by atomic mass is 10.0. The summed E-state index contributed by atoms with van der Waals surface area (Å²) in [6.45, 7) is 5.94. The van der Waals surface area contributed by atoms with E-state index in [1.807, 2.05) is 17.0 Å². The molecular formula is C23H29Cl2N3O5S. The normalized spacial score (nSPS) is 15.4. The van der Waals surface area contributed by atoms with Gasteiger partial charge in [-0.05, 0) is 36.2 Å². The van der Waals surface area contributed by atoms with Gasteiger partial charge in [-0.1, -0.05) is 37.0 Å².